The van der Waals surface area contributed by atoms with Crippen molar-refractivity contribution in [2.75, 3.05) is 5.75 Å². The third kappa shape index (κ3) is 2.94. The summed E-state index contributed by atoms with van der Waals surface area (Å²) in [6.07, 6.45) is 1.76. The second kappa shape index (κ2) is 5.29. The van der Waals surface area contributed by atoms with E-state index in [1.165, 1.54) is 11.8 Å². The normalized spacial score (nSPS) is 18.4. The molecule has 2 rings (SSSR count). The smallest absolute Gasteiger partial charge is 0.324 e. The number of hydrogen-bond acceptors (Lipinski definition) is 3. The highest BCUT2D eigenvalue weighted by Gasteiger charge is 2.48. The molecule has 3 nitrogen and oxygen atoms in total. The van der Waals surface area contributed by atoms with E-state index in [4.69, 9.17) is 28.9 Å². The van der Waals surface area contributed by atoms with E-state index in [-0.39, 0.29) is 5.92 Å². The third-order valence-corrected chi connectivity index (χ3v) is 5.01. The van der Waals surface area contributed by atoms with Gasteiger partial charge in [-0.25, -0.2) is 0 Å². The minimum atomic E-state index is -1.17. The first-order valence-electron chi connectivity index (χ1n) is 5.53. The SMILES string of the molecule is NC(CSc1cc(Cl)ccc1Cl)(C(=O)O)C1CC1. The maximum absolute atomic E-state index is 11.3. The summed E-state index contributed by atoms with van der Waals surface area (Å²) in [5.41, 5.74) is 4.82. The summed E-state index contributed by atoms with van der Waals surface area (Å²) < 4.78 is 0. The largest absolute Gasteiger partial charge is 0.480 e. The standard InChI is InChI=1S/C12H13Cl2NO2S/c13-8-3-4-9(14)10(5-8)18-6-12(15,11(16)17)7-1-2-7/h3-5,7H,1-2,6,15H2,(H,16,17). The predicted octanol–water partition coefficient (Wildman–Crippen LogP) is 3.28. The molecule has 1 unspecified atom stereocenters. The van der Waals surface area contributed by atoms with Crippen LogP contribution < -0.4 is 5.73 Å². The molecule has 1 atom stereocenters. The fourth-order valence-electron chi connectivity index (χ4n) is 1.74. The maximum Gasteiger partial charge on any atom is 0.324 e. The van der Waals surface area contributed by atoms with Crippen molar-refractivity contribution in [2.24, 2.45) is 11.7 Å². The van der Waals surface area contributed by atoms with Crippen molar-refractivity contribution >= 4 is 40.9 Å². The lowest BCUT2D eigenvalue weighted by molar-refractivity contribution is -0.143. The number of halogens is 2. The Morgan fingerprint density at radius 3 is 2.72 bits per heavy atom. The second-order valence-corrected chi connectivity index (χ2v) is 6.34. The molecule has 1 saturated carbocycles. The molecular weight excluding hydrogens is 293 g/mol. The fraction of sp³-hybridized carbons (Fsp3) is 0.417. The van der Waals surface area contributed by atoms with Gasteiger partial charge in [0.15, 0.2) is 0 Å². The van der Waals surface area contributed by atoms with Gasteiger partial charge in [0.1, 0.15) is 5.54 Å². The van der Waals surface area contributed by atoms with Crippen molar-refractivity contribution in [1.82, 2.24) is 0 Å². The Kier molecular flexibility index (Phi) is 4.11. The Balaban J connectivity index is 2.10. The van der Waals surface area contributed by atoms with E-state index in [1.54, 1.807) is 18.2 Å². The van der Waals surface area contributed by atoms with Crippen molar-refractivity contribution in [3.05, 3.63) is 28.2 Å². The number of hydrogen-bond donors (Lipinski definition) is 2. The zero-order valence-electron chi connectivity index (χ0n) is 9.53. The molecule has 1 aromatic carbocycles. The quantitative estimate of drug-likeness (QED) is 0.820. The van der Waals surface area contributed by atoms with Crippen molar-refractivity contribution in [2.45, 2.75) is 23.3 Å². The molecule has 6 heteroatoms. The van der Waals surface area contributed by atoms with Crippen molar-refractivity contribution in [1.29, 1.82) is 0 Å². The molecule has 0 aliphatic heterocycles. The molecule has 0 spiro atoms. The lowest BCUT2D eigenvalue weighted by Gasteiger charge is -2.24. The minimum Gasteiger partial charge on any atom is -0.480 e. The molecule has 98 valence electrons. The van der Waals surface area contributed by atoms with Gasteiger partial charge in [-0.15, -0.1) is 11.8 Å². The van der Waals surface area contributed by atoms with E-state index in [1.807, 2.05) is 0 Å². The second-order valence-electron chi connectivity index (χ2n) is 4.48. The number of rotatable bonds is 5. The Hall–Kier alpha value is -0.420. The Bertz CT molecular complexity index is 479. The number of carbonyl (C=O) groups is 1. The van der Waals surface area contributed by atoms with E-state index >= 15 is 0 Å². The molecule has 1 aliphatic rings. The zero-order valence-corrected chi connectivity index (χ0v) is 11.9. The summed E-state index contributed by atoms with van der Waals surface area (Å²) in [4.78, 5) is 12.0. The number of benzene rings is 1. The molecular formula is C12H13Cl2NO2S. The molecule has 0 saturated heterocycles. The average Bonchev–Trinajstić information content (AvgIpc) is 3.14. The summed E-state index contributed by atoms with van der Waals surface area (Å²) in [6, 6.07) is 5.12. The summed E-state index contributed by atoms with van der Waals surface area (Å²) in [7, 11) is 0. The Morgan fingerprint density at radius 1 is 1.50 bits per heavy atom. The molecule has 0 heterocycles. The van der Waals surface area contributed by atoms with Gasteiger partial charge in [0, 0.05) is 15.7 Å². The minimum absolute atomic E-state index is 0.0699. The van der Waals surface area contributed by atoms with Crippen LogP contribution in [0.15, 0.2) is 23.1 Å². The van der Waals surface area contributed by atoms with Gasteiger partial charge in [0.05, 0.1) is 5.02 Å². The van der Waals surface area contributed by atoms with Gasteiger partial charge < -0.3 is 10.8 Å². The van der Waals surface area contributed by atoms with Crippen LogP contribution in [0.4, 0.5) is 0 Å². The maximum atomic E-state index is 11.3. The van der Waals surface area contributed by atoms with E-state index < -0.39 is 11.5 Å². The molecule has 1 aromatic rings. The molecule has 1 fully saturated rings. The fourth-order valence-corrected chi connectivity index (χ4v) is 3.43. The van der Waals surface area contributed by atoms with Crippen LogP contribution in [0.25, 0.3) is 0 Å². The van der Waals surface area contributed by atoms with Gasteiger partial charge in [-0.3, -0.25) is 4.79 Å². The summed E-state index contributed by atoms with van der Waals surface area (Å²) in [5, 5.41) is 10.4. The highest BCUT2D eigenvalue weighted by Crippen LogP contribution is 2.42. The lowest BCUT2D eigenvalue weighted by Crippen LogP contribution is -2.52. The van der Waals surface area contributed by atoms with Crippen LogP contribution in [-0.2, 0) is 4.79 Å². The van der Waals surface area contributed by atoms with Crippen LogP contribution in [0.3, 0.4) is 0 Å². The number of carboxylic acid groups (broad SMARTS) is 1. The van der Waals surface area contributed by atoms with Gasteiger partial charge in [-0.05, 0) is 37.0 Å². The molecule has 3 N–H and O–H groups in total. The van der Waals surface area contributed by atoms with Crippen LogP contribution in [0.1, 0.15) is 12.8 Å². The van der Waals surface area contributed by atoms with Crippen molar-refractivity contribution < 1.29 is 9.90 Å². The monoisotopic (exact) mass is 305 g/mol. The van der Waals surface area contributed by atoms with Crippen LogP contribution in [0, 0.1) is 5.92 Å². The highest BCUT2D eigenvalue weighted by molar-refractivity contribution is 7.99. The number of nitrogens with two attached hydrogens (primary N) is 1. The zero-order chi connectivity index (χ0) is 13.3. The molecule has 0 radical (unpaired) electrons. The van der Waals surface area contributed by atoms with Gasteiger partial charge in [0.2, 0.25) is 0 Å². The molecule has 18 heavy (non-hydrogen) atoms. The van der Waals surface area contributed by atoms with Crippen LogP contribution >= 0.6 is 35.0 Å². The first kappa shape index (κ1) is 14.0. The Labute approximate surface area is 120 Å². The number of thioether (sulfide) groups is 1. The average molecular weight is 306 g/mol. The van der Waals surface area contributed by atoms with Crippen molar-refractivity contribution in [3.8, 4) is 0 Å². The molecule has 0 aromatic heterocycles. The number of carboxylic acids is 1. The van der Waals surface area contributed by atoms with E-state index in [9.17, 15) is 9.90 Å². The lowest BCUT2D eigenvalue weighted by atomic mass is 9.98. The summed E-state index contributed by atoms with van der Waals surface area (Å²) >= 11 is 13.3. The number of aliphatic carboxylic acids is 1. The molecule has 0 amide bonds. The van der Waals surface area contributed by atoms with E-state index in [0.717, 1.165) is 17.7 Å². The van der Waals surface area contributed by atoms with Gasteiger partial charge in [-0.1, -0.05) is 23.2 Å². The summed E-state index contributed by atoms with van der Waals surface area (Å²) in [5.74, 6) is -0.580. The van der Waals surface area contributed by atoms with Crippen molar-refractivity contribution in [3.63, 3.8) is 0 Å². The predicted molar refractivity (Wildman–Crippen MR) is 74.5 cm³/mol. The topological polar surface area (TPSA) is 63.3 Å². The van der Waals surface area contributed by atoms with Gasteiger partial charge in [-0.2, -0.15) is 0 Å². The molecule has 0 bridgehead atoms. The van der Waals surface area contributed by atoms with Crippen LogP contribution in [-0.4, -0.2) is 22.4 Å². The van der Waals surface area contributed by atoms with Crippen LogP contribution in [0.5, 0.6) is 0 Å². The first-order valence-corrected chi connectivity index (χ1v) is 7.28. The van der Waals surface area contributed by atoms with Gasteiger partial charge >= 0.3 is 5.97 Å². The van der Waals surface area contributed by atoms with Gasteiger partial charge in [0.25, 0.3) is 0 Å². The third-order valence-electron chi connectivity index (χ3n) is 3.06. The van der Waals surface area contributed by atoms with E-state index in [2.05, 4.69) is 0 Å². The highest BCUT2D eigenvalue weighted by atomic mass is 35.5. The first-order chi connectivity index (χ1) is 8.43. The summed E-state index contributed by atoms with van der Waals surface area (Å²) in [6.45, 7) is 0. The molecule has 1 aliphatic carbocycles. The van der Waals surface area contributed by atoms with E-state index in [0.29, 0.717) is 15.8 Å². The van der Waals surface area contributed by atoms with Crippen LogP contribution in [0.2, 0.25) is 10.0 Å². The Morgan fingerprint density at radius 2 is 2.17 bits per heavy atom.